The first-order chi connectivity index (χ1) is 15.0. The quantitative estimate of drug-likeness (QED) is 0.731. The molecule has 3 aliphatic carbocycles. The van der Waals surface area contributed by atoms with Crippen LogP contribution in [0.15, 0.2) is 42.6 Å². The lowest BCUT2D eigenvalue weighted by Gasteiger charge is -2.50. The summed E-state index contributed by atoms with van der Waals surface area (Å²) in [6.07, 6.45) is 6.82. The van der Waals surface area contributed by atoms with Gasteiger partial charge in [-0.3, -0.25) is 9.59 Å². The zero-order valence-electron chi connectivity index (χ0n) is 17.9. The molecule has 0 aliphatic heterocycles. The highest BCUT2D eigenvalue weighted by atomic mass is 19.1. The standard InChI is InChI=1S/C26H29FN2O2/c1-26-13-12-18-17-5-4-6-21(27)19(17)9-10-20(18)25(26)16(15-22(26)30)8-11-24(31)29-23-7-2-3-14-28-23/h2-7,14,16,18,20,25H,8-13,15H2,1H3,(H,28,29,31)/t16-,18?,20?,25?,26-/m1/s1. The van der Waals surface area contributed by atoms with Crippen molar-refractivity contribution in [2.24, 2.45) is 23.2 Å². The SMILES string of the molecule is C[C@]12CCC3c4cccc(F)c4CCC3C1[C@H](CCC(=O)Nc1ccccn1)CC2=O. The maximum absolute atomic E-state index is 14.4. The first kappa shape index (κ1) is 20.3. The molecule has 5 atom stereocenters. The fraction of sp³-hybridized carbons (Fsp3) is 0.500. The van der Waals surface area contributed by atoms with Crippen LogP contribution in [-0.2, 0) is 16.0 Å². The van der Waals surface area contributed by atoms with Crippen LogP contribution in [-0.4, -0.2) is 16.7 Å². The summed E-state index contributed by atoms with van der Waals surface area (Å²) >= 11 is 0. The molecule has 1 heterocycles. The van der Waals surface area contributed by atoms with Crippen LogP contribution >= 0.6 is 0 Å². The molecule has 2 saturated carbocycles. The fourth-order valence-corrected chi connectivity index (χ4v) is 6.86. The molecule has 2 aromatic rings. The summed E-state index contributed by atoms with van der Waals surface area (Å²) in [5.74, 6) is 1.99. The molecule has 0 saturated heterocycles. The third kappa shape index (κ3) is 3.48. The monoisotopic (exact) mass is 420 g/mol. The van der Waals surface area contributed by atoms with E-state index in [1.165, 1.54) is 0 Å². The second kappa shape index (κ2) is 7.85. The molecule has 0 radical (unpaired) electrons. The number of anilines is 1. The van der Waals surface area contributed by atoms with Crippen LogP contribution in [0, 0.1) is 29.0 Å². The summed E-state index contributed by atoms with van der Waals surface area (Å²) in [6, 6.07) is 10.9. The number of hydrogen-bond acceptors (Lipinski definition) is 3. The normalized spacial score (nSPS) is 31.5. The zero-order chi connectivity index (χ0) is 21.6. The van der Waals surface area contributed by atoms with Crippen LogP contribution in [0.25, 0.3) is 0 Å². The Bertz CT molecular complexity index is 1010. The Hall–Kier alpha value is -2.56. The van der Waals surface area contributed by atoms with Gasteiger partial charge in [0, 0.05) is 24.5 Å². The first-order valence-corrected chi connectivity index (χ1v) is 11.5. The molecule has 0 spiro atoms. The van der Waals surface area contributed by atoms with Crippen LogP contribution in [0.3, 0.4) is 0 Å². The van der Waals surface area contributed by atoms with Crippen molar-refractivity contribution in [2.45, 2.75) is 57.8 Å². The van der Waals surface area contributed by atoms with Crippen LogP contribution < -0.4 is 5.32 Å². The van der Waals surface area contributed by atoms with E-state index >= 15 is 0 Å². The fourth-order valence-electron chi connectivity index (χ4n) is 6.86. The Balaban J connectivity index is 1.34. The number of ketones is 1. The summed E-state index contributed by atoms with van der Waals surface area (Å²) < 4.78 is 14.4. The third-order valence-electron chi connectivity index (χ3n) is 8.24. The molecule has 5 heteroatoms. The van der Waals surface area contributed by atoms with E-state index in [-0.39, 0.29) is 29.0 Å². The molecule has 2 fully saturated rings. The molecule has 3 aliphatic rings. The Morgan fingerprint density at radius 2 is 2.10 bits per heavy atom. The van der Waals surface area contributed by atoms with Crippen molar-refractivity contribution < 1.29 is 14.0 Å². The van der Waals surface area contributed by atoms with Crippen molar-refractivity contribution in [3.8, 4) is 0 Å². The van der Waals surface area contributed by atoms with Gasteiger partial charge in [-0.1, -0.05) is 25.1 Å². The van der Waals surface area contributed by atoms with Crippen molar-refractivity contribution in [3.63, 3.8) is 0 Å². The predicted molar refractivity (Wildman–Crippen MR) is 117 cm³/mol. The number of nitrogens with zero attached hydrogens (tertiary/aromatic N) is 1. The number of carbonyl (C=O) groups is 2. The van der Waals surface area contributed by atoms with Gasteiger partial charge >= 0.3 is 0 Å². The Labute approximate surface area is 182 Å². The van der Waals surface area contributed by atoms with Crippen LogP contribution in [0.5, 0.6) is 0 Å². The van der Waals surface area contributed by atoms with E-state index < -0.39 is 0 Å². The largest absolute Gasteiger partial charge is 0.311 e. The number of benzene rings is 1. The minimum atomic E-state index is -0.297. The molecule has 5 rings (SSSR count). The van der Waals surface area contributed by atoms with Gasteiger partial charge in [0.25, 0.3) is 0 Å². The number of Topliss-reactive ketones (excluding diaryl/α,β-unsaturated/α-hetero) is 1. The summed E-state index contributed by atoms with van der Waals surface area (Å²) in [5.41, 5.74) is 1.74. The molecular formula is C26H29FN2O2. The van der Waals surface area contributed by atoms with Gasteiger partial charge in [-0.2, -0.15) is 0 Å². The molecule has 1 aromatic carbocycles. The van der Waals surface area contributed by atoms with Crippen LogP contribution in [0.1, 0.15) is 62.5 Å². The number of rotatable bonds is 4. The minimum absolute atomic E-state index is 0.0526. The zero-order valence-corrected chi connectivity index (χ0v) is 17.9. The second-order valence-electron chi connectivity index (χ2n) is 9.79. The highest BCUT2D eigenvalue weighted by Gasteiger charge is 2.58. The van der Waals surface area contributed by atoms with E-state index in [2.05, 4.69) is 23.3 Å². The van der Waals surface area contributed by atoms with Gasteiger partial charge in [0.2, 0.25) is 5.91 Å². The van der Waals surface area contributed by atoms with E-state index in [1.54, 1.807) is 18.3 Å². The molecule has 3 unspecified atom stereocenters. The van der Waals surface area contributed by atoms with Gasteiger partial charge in [0.1, 0.15) is 17.4 Å². The summed E-state index contributed by atoms with van der Waals surface area (Å²) in [5, 5.41) is 2.86. The lowest BCUT2D eigenvalue weighted by Crippen LogP contribution is -2.44. The van der Waals surface area contributed by atoms with E-state index in [0.717, 1.165) is 36.8 Å². The molecule has 0 bridgehead atoms. The first-order valence-electron chi connectivity index (χ1n) is 11.5. The van der Waals surface area contributed by atoms with Crippen molar-refractivity contribution in [3.05, 3.63) is 59.5 Å². The average Bonchev–Trinajstić information content (AvgIpc) is 3.03. The van der Waals surface area contributed by atoms with E-state index in [4.69, 9.17) is 0 Å². The number of aromatic nitrogens is 1. The maximum Gasteiger partial charge on any atom is 0.225 e. The van der Waals surface area contributed by atoms with Crippen molar-refractivity contribution in [2.75, 3.05) is 5.32 Å². The topological polar surface area (TPSA) is 59.1 Å². The Morgan fingerprint density at radius 1 is 1.23 bits per heavy atom. The Kier molecular flexibility index (Phi) is 5.15. The summed E-state index contributed by atoms with van der Waals surface area (Å²) in [6.45, 7) is 2.14. The van der Waals surface area contributed by atoms with Crippen molar-refractivity contribution >= 4 is 17.5 Å². The highest BCUT2D eigenvalue weighted by Crippen LogP contribution is 2.62. The smallest absolute Gasteiger partial charge is 0.225 e. The average molecular weight is 421 g/mol. The predicted octanol–water partition coefficient (Wildman–Crippen LogP) is 5.29. The van der Waals surface area contributed by atoms with E-state index in [0.29, 0.717) is 42.7 Å². The number of fused-ring (bicyclic) bond motifs is 5. The van der Waals surface area contributed by atoms with Gasteiger partial charge in [0.05, 0.1) is 0 Å². The highest BCUT2D eigenvalue weighted by molar-refractivity contribution is 5.90. The van der Waals surface area contributed by atoms with E-state index in [9.17, 15) is 14.0 Å². The number of hydrogen-bond donors (Lipinski definition) is 1. The number of carbonyl (C=O) groups excluding carboxylic acids is 2. The molecule has 162 valence electrons. The van der Waals surface area contributed by atoms with Gasteiger partial charge in [-0.05, 0) is 85.1 Å². The molecule has 31 heavy (non-hydrogen) atoms. The summed E-state index contributed by atoms with van der Waals surface area (Å²) in [7, 11) is 0. The van der Waals surface area contributed by atoms with Gasteiger partial charge in [-0.25, -0.2) is 9.37 Å². The van der Waals surface area contributed by atoms with Crippen molar-refractivity contribution in [1.82, 2.24) is 4.98 Å². The number of amides is 1. The van der Waals surface area contributed by atoms with E-state index in [1.807, 2.05) is 18.2 Å². The van der Waals surface area contributed by atoms with Crippen LogP contribution in [0.4, 0.5) is 10.2 Å². The molecule has 4 nitrogen and oxygen atoms in total. The van der Waals surface area contributed by atoms with Crippen LogP contribution in [0.2, 0.25) is 0 Å². The van der Waals surface area contributed by atoms with Gasteiger partial charge < -0.3 is 5.32 Å². The Morgan fingerprint density at radius 3 is 2.90 bits per heavy atom. The lowest BCUT2D eigenvalue weighted by molar-refractivity contribution is -0.129. The number of pyridine rings is 1. The summed E-state index contributed by atoms with van der Waals surface area (Å²) in [4.78, 5) is 29.7. The van der Waals surface area contributed by atoms with Gasteiger partial charge in [0.15, 0.2) is 0 Å². The molecule has 1 amide bonds. The molecule has 1 N–H and O–H groups in total. The lowest BCUT2D eigenvalue weighted by atomic mass is 9.54. The second-order valence-corrected chi connectivity index (χ2v) is 9.79. The third-order valence-corrected chi connectivity index (χ3v) is 8.24. The number of halogens is 1. The molecular weight excluding hydrogens is 391 g/mol. The van der Waals surface area contributed by atoms with Crippen molar-refractivity contribution in [1.29, 1.82) is 0 Å². The maximum atomic E-state index is 14.4. The number of nitrogens with one attached hydrogen (secondary N) is 1. The minimum Gasteiger partial charge on any atom is -0.311 e. The molecule has 1 aromatic heterocycles. The van der Waals surface area contributed by atoms with Gasteiger partial charge in [-0.15, -0.1) is 0 Å².